The smallest absolute Gasteiger partial charge is 0.344 e. The molecule has 8 aromatic rings. The van der Waals surface area contributed by atoms with Crippen LogP contribution in [0.4, 0.5) is 0 Å². The summed E-state index contributed by atoms with van der Waals surface area (Å²) in [6.45, 7) is 4.52. The topological polar surface area (TPSA) is 387 Å². The van der Waals surface area contributed by atoms with Gasteiger partial charge in [-0.1, -0.05) is 76.2 Å². The molecule has 20 atom stereocenters. The van der Waals surface area contributed by atoms with Crippen molar-refractivity contribution in [3.05, 3.63) is 246 Å². The van der Waals surface area contributed by atoms with Crippen molar-refractivity contribution in [3.63, 3.8) is 0 Å². The number of hydrogen-bond donors (Lipinski definition) is 6. The number of hydrogen-bond acceptors (Lipinski definition) is 28. The van der Waals surface area contributed by atoms with E-state index in [9.17, 15) is 69.0 Å². The Morgan fingerprint density at radius 3 is 0.688 bits per heavy atom. The molecule has 8 aromatic carbocycles. The molecule has 6 N–H and O–H groups in total. The van der Waals surface area contributed by atoms with Gasteiger partial charge >= 0.3 is 47.8 Å². The van der Waals surface area contributed by atoms with Gasteiger partial charge in [0, 0.05) is 123 Å². The number of aromatic hydroxyl groups is 4. The molecule has 144 heavy (non-hydrogen) atoms. The highest BCUT2D eigenvalue weighted by Gasteiger charge is 2.69. The number of carbonyl (C=O) groups excluding carboxylic acids is 8. The van der Waals surface area contributed by atoms with Crippen molar-refractivity contribution in [2.24, 2.45) is 45.3 Å². The summed E-state index contributed by atoms with van der Waals surface area (Å²) in [6.07, 6.45) is 18.3. The Bertz CT molecular complexity index is 5720. The Balaban J connectivity index is 0.682. The SMILES string of the molecule is COc1cc(O)c2cc1C(c1ccc(C(=O)OCC(=O)OC34CC5CC(C)(CC(OC)(C5)C3)C4)cc1)c1cc(c(OC)cc1O)C(c1ccc(C(=O)OCC(=O)OC34CC5CC(C)(CC(OC)(C5)C3)C4)cc1)c1cc(c(CO)cc1O)C(c1ccc(C(=O)OCC(=O)OC34CC5CC(C)(CC(OC)(C5)C3)C4)cc1)c1cc(c(CO)cc1O)C2c1ccc(C(=O)OCC(=O)OC23CC4CC(C)(CC(OC)(C4)C2)C3)cc1. The van der Waals surface area contributed by atoms with Crippen molar-refractivity contribution in [1.82, 2.24) is 0 Å². The molecular weight excluding hydrogens is 1840 g/mol. The van der Waals surface area contributed by atoms with Crippen LogP contribution in [0.5, 0.6) is 34.5 Å². The number of phenolic OH excluding ortho intramolecular Hbond substituents is 4. The lowest BCUT2D eigenvalue weighted by Crippen LogP contribution is -2.64. The lowest BCUT2D eigenvalue weighted by atomic mass is 9.46. The van der Waals surface area contributed by atoms with Crippen molar-refractivity contribution in [2.45, 2.75) is 263 Å². The van der Waals surface area contributed by atoms with Crippen LogP contribution < -0.4 is 9.47 Å². The van der Waals surface area contributed by atoms with Crippen molar-refractivity contribution in [1.29, 1.82) is 0 Å². The quantitative estimate of drug-likeness (QED) is 0.0196. The molecule has 0 heterocycles. The van der Waals surface area contributed by atoms with E-state index >= 15 is 0 Å². The highest BCUT2D eigenvalue weighted by molar-refractivity contribution is 5.93. The Kier molecular flexibility index (Phi) is 24.6. The lowest BCUT2D eigenvalue weighted by Gasteiger charge is -2.64. The second-order valence-corrected chi connectivity index (χ2v) is 46.8. The number of aliphatic hydroxyl groups excluding tert-OH is 2. The summed E-state index contributed by atoms with van der Waals surface area (Å²) in [7, 11) is 9.61. The summed E-state index contributed by atoms with van der Waals surface area (Å²) < 4.78 is 86.0. The van der Waals surface area contributed by atoms with Crippen LogP contribution >= 0.6 is 0 Å². The monoisotopic (exact) mass is 1970 g/mol. The fourth-order valence-electron chi connectivity index (χ4n) is 32.6. The number of esters is 8. The van der Waals surface area contributed by atoms with Crippen LogP contribution in [0, 0.1) is 45.3 Å². The molecule has 25 rings (SSSR count). The van der Waals surface area contributed by atoms with Gasteiger partial charge < -0.3 is 97.0 Å². The van der Waals surface area contributed by atoms with E-state index in [4.69, 9.17) is 66.3 Å². The molecule has 760 valence electrons. The number of phenols is 4. The Labute approximate surface area is 836 Å². The average molecular weight is 1970 g/mol. The van der Waals surface area contributed by atoms with E-state index in [1.165, 1.54) is 87.0 Å². The minimum atomic E-state index is -1.29. The van der Waals surface area contributed by atoms with E-state index in [1.54, 1.807) is 101 Å². The first kappa shape index (κ1) is 98.1. The highest BCUT2D eigenvalue weighted by atomic mass is 16.6. The van der Waals surface area contributed by atoms with Crippen LogP contribution in [0.25, 0.3) is 0 Å². The molecule has 20 unspecified atom stereocenters. The van der Waals surface area contributed by atoms with Gasteiger partial charge in [0.25, 0.3) is 0 Å². The zero-order chi connectivity index (χ0) is 101. The maximum atomic E-state index is 14.5. The summed E-state index contributed by atoms with van der Waals surface area (Å²) in [5, 5.41) is 77.2. The molecule has 17 aliphatic carbocycles. The molecule has 16 fully saturated rings. The van der Waals surface area contributed by atoms with Crippen molar-refractivity contribution in [2.75, 3.05) is 69.1 Å². The second kappa shape index (κ2) is 36.0. The van der Waals surface area contributed by atoms with Gasteiger partial charge in [-0.25, -0.2) is 38.4 Å². The minimum absolute atomic E-state index is 0.00365. The molecule has 0 aliphatic heterocycles. The van der Waals surface area contributed by atoms with Crippen LogP contribution in [0.15, 0.2) is 146 Å². The fourth-order valence-corrected chi connectivity index (χ4v) is 32.6. The average Bonchev–Trinajstić information content (AvgIpc) is 0.708. The van der Waals surface area contributed by atoms with Gasteiger partial charge in [0.15, 0.2) is 26.4 Å². The molecule has 28 nitrogen and oxygen atoms in total. The number of carbonyl (C=O) groups is 8. The van der Waals surface area contributed by atoms with E-state index in [0.29, 0.717) is 123 Å². The third kappa shape index (κ3) is 17.9. The summed E-state index contributed by atoms with van der Waals surface area (Å²) in [5.41, 5.74) is -2.29. The van der Waals surface area contributed by atoms with Crippen LogP contribution in [0.3, 0.4) is 0 Å². The first-order valence-corrected chi connectivity index (χ1v) is 50.6. The number of fused-ring (bicyclic) bond motifs is 8. The molecule has 28 heteroatoms. The Morgan fingerprint density at radius 2 is 0.472 bits per heavy atom. The Morgan fingerprint density at radius 1 is 0.264 bits per heavy atom. The van der Waals surface area contributed by atoms with Gasteiger partial charge in [0.05, 0.1) is 72.1 Å². The zero-order valence-corrected chi connectivity index (χ0v) is 83.4. The maximum Gasteiger partial charge on any atom is 0.344 e. The molecule has 0 radical (unpaired) electrons. The molecule has 0 spiro atoms. The van der Waals surface area contributed by atoms with Gasteiger partial charge in [-0.15, -0.1) is 0 Å². The summed E-state index contributed by atoms with van der Waals surface area (Å²) in [5.74, 6) is -11.7. The van der Waals surface area contributed by atoms with Crippen LogP contribution in [-0.2, 0) is 89.2 Å². The van der Waals surface area contributed by atoms with E-state index in [2.05, 4.69) is 27.7 Å². The number of ether oxygens (including phenoxy) is 14. The summed E-state index contributed by atoms with van der Waals surface area (Å²) >= 11 is 0. The lowest BCUT2D eigenvalue weighted by molar-refractivity contribution is -0.248. The van der Waals surface area contributed by atoms with Gasteiger partial charge in [0.2, 0.25) is 0 Å². The Hall–Kier alpha value is -11.9. The highest BCUT2D eigenvalue weighted by Crippen LogP contribution is 2.70. The maximum absolute atomic E-state index is 14.5. The van der Waals surface area contributed by atoms with Gasteiger partial charge in [-0.3, -0.25) is 0 Å². The van der Waals surface area contributed by atoms with Gasteiger partial charge in [-0.05, 0) is 303 Å². The molecule has 17 aliphatic rings. The second-order valence-electron chi connectivity index (χ2n) is 46.8. The number of aliphatic hydroxyl groups is 2. The van der Waals surface area contributed by atoms with Crippen LogP contribution in [0.1, 0.15) is 325 Å². The van der Waals surface area contributed by atoms with Crippen molar-refractivity contribution >= 4 is 47.8 Å². The van der Waals surface area contributed by atoms with Crippen molar-refractivity contribution < 1.29 is 135 Å². The first-order chi connectivity index (χ1) is 68.6. The molecule has 24 bridgehead atoms. The molecule has 0 amide bonds. The van der Waals surface area contributed by atoms with Crippen LogP contribution in [0.2, 0.25) is 0 Å². The molecule has 16 saturated carbocycles. The number of rotatable bonds is 28. The normalized spacial score (nSPS) is 33.1. The number of methoxy groups -OCH3 is 6. The fraction of sp³-hybridized carbons (Fsp3) is 0.517. The molecule has 0 aromatic heterocycles. The standard InChI is InChI=1S/C116H128O28/c1-105-35-65-39-109(53-105,133-7)61-113(43-65,57-105)141-93(123)49-137-101(127)73-19-11-69(12-20-73)97-80-30-82(88(120)28-78(80)48-118)99(71-15-23-75(24-16-71)103(129)139-51-95(125)143-115-45-67-37-107(3,59-115)55-111(41-67,63-115)135-9)86-32-84(90(122)34-92(86)132-6)100(72-17-25-76(26-18-72)104(130)140-52-96(126)144-116-46-68-38-108(4,60-116)56-112(42-68,64-116)136-10)85-31-83(89(121)33-91(85)131-5)98(79-29-81(97)87(119)27-77(79)47-117)70-13-21-74(22-14-70)102(128)138-50-94(124)142-114-44-66-36-106(2,58-114)54-110(40-66,62-114)134-8/h11-34,65-68,97-100,117-122H,35-64H2,1-10H3. The van der Waals surface area contributed by atoms with Crippen LogP contribution in [-0.4, -0.2) is 192 Å². The van der Waals surface area contributed by atoms with E-state index in [1.807, 2.05) is 0 Å². The van der Waals surface area contributed by atoms with Gasteiger partial charge in [0.1, 0.15) is 56.9 Å². The first-order valence-electron chi connectivity index (χ1n) is 50.6. The third-order valence-electron chi connectivity index (χ3n) is 35.4. The largest absolute Gasteiger partial charge is 0.508 e. The third-order valence-corrected chi connectivity index (χ3v) is 35.4. The predicted molar refractivity (Wildman–Crippen MR) is 520 cm³/mol. The predicted octanol–water partition coefficient (Wildman–Crippen LogP) is 17.9. The number of benzene rings is 8. The van der Waals surface area contributed by atoms with Crippen molar-refractivity contribution in [3.8, 4) is 34.5 Å². The summed E-state index contributed by atoms with van der Waals surface area (Å²) in [4.78, 5) is 114. The minimum Gasteiger partial charge on any atom is -0.508 e. The molecular formula is C116H128O28. The zero-order valence-electron chi connectivity index (χ0n) is 83.4. The van der Waals surface area contributed by atoms with E-state index < -0.39 is 173 Å². The van der Waals surface area contributed by atoms with E-state index in [-0.39, 0.29) is 117 Å². The summed E-state index contributed by atoms with van der Waals surface area (Å²) in [6, 6.07) is 37.0. The van der Waals surface area contributed by atoms with Gasteiger partial charge in [-0.2, -0.15) is 0 Å². The van der Waals surface area contributed by atoms with E-state index in [0.717, 1.165) is 77.0 Å². The molecule has 0 saturated heterocycles.